The zero-order valence-corrected chi connectivity index (χ0v) is 10.9. The van der Waals surface area contributed by atoms with E-state index >= 15 is 0 Å². The monoisotopic (exact) mass is 262 g/mol. The number of aliphatic hydroxyl groups excluding tert-OH is 1. The fraction of sp³-hybridized carbons (Fsp3) is 0.200. The molecule has 3 heteroatoms. The van der Waals surface area contributed by atoms with Crippen molar-refractivity contribution in [2.24, 2.45) is 0 Å². The van der Waals surface area contributed by atoms with Gasteiger partial charge in [0.1, 0.15) is 11.5 Å². The standard InChI is InChI=1S/C15H15ClO2/c1-2-13(17)11-7-3-5-9-14(11)18-15-10-6-4-8-12(15)16/h3-10,13,17H,2H2,1H3. The highest BCUT2D eigenvalue weighted by Crippen LogP contribution is 2.33. The molecule has 1 unspecified atom stereocenters. The van der Waals surface area contributed by atoms with Gasteiger partial charge >= 0.3 is 0 Å². The molecule has 2 rings (SSSR count). The molecule has 0 radical (unpaired) electrons. The van der Waals surface area contributed by atoms with Gasteiger partial charge in [-0.3, -0.25) is 0 Å². The van der Waals surface area contributed by atoms with Crippen LogP contribution in [-0.4, -0.2) is 5.11 Å². The number of ether oxygens (including phenoxy) is 1. The van der Waals surface area contributed by atoms with Gasteiger partial charge in [0.15, 0.2) is 0 Å². The van der Waals surface area contributed by atoms with Crippen LogP contribution in [-0.2, 0) is 0 Å². The molecule has 1 N–H and O–H groups in total. The van der Waals surface area contributed by atoms with Crippen LogP contribution in [0.25, 0.3) is 0 Å². The van der Waals surface area contributed by atoms with E-state index in [-0.39, 0.29) is 0 Å². The molecule has 0 heterocycles. The summed E-state index contributed by atoms with van der Waals surface area (Å²) in [5.41, 5.74) is 0.778. The largest absolute Gasteiger partial charge is 0.455 e. The second-order valence-electron chi connectivity index (χ2n) is 3.99. The lowest BCUT2D eigenvalue weighted by Crippen LogP contribution is -1.98. The van der Waals surface area contributed by atoms with Crippen LogP contribution < -0.4 is 4.74 Å². The summed E-state index contributed by atoms with van der Waals surface area (Å²) in [5.74, 6) is 1.23. The van der Waals surface area contributed by atoms with Gasteiger partial charge < -0.3 is 9.84 Å². The number of aliphatic hydroxyl groups is 1. The molecule has 0 aliphatic carbocycles. The molecule has 18 heavy (non-hydrogen) atoms. The third-order valence-electron chi connectivity index (χ3n) is 2.72. The van der Waals surface area contributed by atoms with Crippen LogP contribution in [0.2, 0.25) is 5.02 Å². The maximum absolute atomic E-state index is 9.94. The highest BCUT2D eigenvalue weighted by molar-refractivity contribution is 6.32. The summed E-state index contributed by atoms with van der Waals surface area (Å²) in [6.45, 7) is 1.93. The Hall–Kier alpha value is -1.51. The number of hydrogen-bond donors (Lipinski definition) is 1. The van der Waals surface area contributed by atoms with E-state index in [2.05, 4.69) is 0 Å². The first-order chi connectivity index (χ1) is 8.72. The second-order valence-corrected chi connectivity index (χ2v) is 4.40. The summed E-state index contributed by atoms with van der Waals surface area (Å²) in [5, 5.41) is 10.5. The Bertz CT molecular complexity index is 525. The maximum atomic E-state index is 9.94. The summed E-state index contributed by atoms with van der Waals surface area (Å²) >= 11 is 6.05. The highest BCUT2D eigenvalue weighted by Gasteiger charge is 2.12. The number of benzene rings is 2. The molecule has 0 amide bonds. The van der Waals surface area contributed by atoms with E-state index in [0.717, 1.165) is 5.56 Å². The molecular weight excluding hydrogens is 248 g/mol. The second kappa shape index (κ2) is 5.89. The summed E-state index contributed by atoms with van der Waals surface area (Å²) in [7, 11) is 0. The third kappa shape index (κ3) is 2.84. The minimum atomic E-state index is -0.524. The normalized spacial score (nSPS) is 12.2. The summed E-state index contributed by atoms with van der Waals surface area (Å²) in [4.78, 5) is 0. The Labute approximate surface area is 112 Å². The van der Waals surface area contributed by atoms with Crippen LogP contribution in [0.15, 0.2) is 48.5 Å². The molecular formula is C15H15ClO2. The molecule has 0 aromatic heterocycles. The first kappa shape index (κ1) is 12.9. The van der Waals surface area contributed by atoms with Crippen LogP contribution in [0.3, 0.4) is 0 Å². The van der Waals surface area contributed by atoms with E-state index in [1.165, 1.54) is 0 Å². The van der Waals surface area contributed by atoms with Crippen molar-refractivity contribution < 1.29 is 9.84 Å². The van der Waals surface area contributed by atoms with Gasteiger partial charge in [0.25, 0.3) is 0 Å². The molecule has 2 nitrogen and oxygen atoms in total. The lowest BCUT2D eigenvalue weighted by atomic mass is 10.1. The van der Waals surface area contributed by atoms with Crippen LogP contribution in [0, 0.1) is 0 Å². The minimum absolute atomic E-state index is 0.524. The number of halogens is 1. The van der Waals surface area contributed by atoms with Crippen LogP contribution in [0.1, 0.15) is 25.0 Å². The Balaban J connectivity index is 2.32. The van der Waals surface area contributed by atoms with Crippen LogP contribution in [0.4, 0.5) is 0 Å². The molecule has 0 spiro atoms. The van der Waals surface area contributed by atoms with Gasteiger partial charge in [-0.1, -0.05) is 48.9 Å². The van der Waals surface area contributed by atoms with Gasteiger partial charge in [0, 0.05) is 5.56 Å². The Morgan fingerprint density at radius 3 is 2.33 bits per heavy atom. The predicted molar refractivity (Wildman–Crippen MR) is 73.2 cm³/mol. The fourth-order valence-electron chi connectivity index (χ4n) is 1.71. The van der Waals surface area contributed by atoms with Gasteiger partial charge in [-0.2, -0.15) is 0 Å². The maximum Gasteiger partial charge on any atom is 0.146 e. The van der Waals surface area contributed by atoms with Crippen molar-refractivity contribution >= 4 is 11.6 Å². The average molecular weight is 263 g/mol. The minimum Gasteiger partial charge on any atom is -0.455 e. The Kier molecular flexibility index (Phi) is 4.24. The molecule has 2 aromatic rings. The topological polar surface area (TPSA) is 29.5 Å². The number of rotatable bonds is 4. The Morgan fingerprint density at radius 1 is 1.06 bits per heavy atom. The van der Waals surface area contributed by atoms with Gasteiger partial charge in [0.2, 0.25) is 0 Å². The van der Waals surface area contributed by atoms with Crippen molar-refractivity contribution in [3.05, 3.63) is 59.1 Å². The number of para-hydroxylation sites is 2. The predicted octanol–water partition coefficient (Wildman–Crippen LogP) is 4.58. The first-order valence-corrected chi connectivity index (χ1v) is 6.29. The van der Waals surface area contributed by atoms with Gasteiger partial charge in [-0.25, -0.2) is 0 Å². The van der Waals surface area contributed by atoms with Crippen molar-refractivity contribution in [2.75, 3.05) is 0 Å². The molecule has 0 aliphatic heterocycles. The zero-order chi connectivity index (χ0) is 13.0. The third-order valence-corrected chi connectivity index (χ3v) is 3.03. The molecule has 1 atom stereocenters. The smallest absolute Gasteiger partial charge is 0.146 e. The van der Waals surface area contributed by atoms with Crippen LogP contribution in [0.5, 0.6) is 11.5 Å². The van der Waals surface area contributed by atoms with Gasteiger partial charge in [-0.15, -0.1) is 0 Å². The molecule has 0 bridgehead atoms. The summed E-state index contributed by atoms with van der Waals surface area (Å²) in [6, 6.07) is 14.7. The lowest BCUT2D eigenvalue weighted by molar-refractivity contribution is 0.170. The van der Waals surface area contributed by atoms with E-state index < -0.39 is 6.10 Å². The van der Waals surface area contributed by atoms with Crippen LogP contribution >= 0.6 is 11.6 Å². The summed E-state index contributed by atoms with van der Waals surface area (Å²) < 4.78 is 5.77. The Morgan fingerprint density at radius 2 is 1.67 bits per heavy atom. The molecule has 0 saturated heterocycles. The fourth-order valence-corrected chi connectivity index (χ4v) is 1.89. The SMILES string of the molecule is CCC(O)c1ccccc1Oc1ccccc1Cl. The van der Waals surface area contributed by atoms with Crippen molar-refractivity contribution in [3.63, 3.8) is 0 Å². The van der Waals surface area contributed by atoms with Gasteiger partial charge in [0.05, 0.1) is 11.1 Å². The summed E-state index contributed by atoms with van der Waals surface area (Å²) in [6.07, 6.45) is 0.117. The molecule has 2 aromatic carbocycles. The van der Waals surface area contributed by atoms with Crippen molar-refractivity contribution in [1.82, 2.24) is 0 Å². The first-order valence-electron chi connectivity index (χ1n) is 5.91. The lowest BCUT2D eigenvalue weighted by Gasteiger charge is -2.15. The molecule has 94 valence electrons. The van der Waals surface area contributed by atoms with E-state index in [4.69, 9.17) is 16.3 Å². The van der Waals surface area contributed by atoms with E-state index in [0.29, 0.717) is 22.9 Å². The average Bonchev–Trinajstić information content (AvgIpc) is 2.41. The quantitative estimate of drug-likeness (QED) is 0.874. The van der Waals surface area contributed by atoms with E-state index in [1.807, 2.05) is 43.3 Å². The highest BCUT2D eigenvalue weighted by atomic mass is 35.5. The zero-order valence-electron chi connectivity index (χ0n) is 10.1. The van der Waals surface area contributed by atoms with Crippen molar-refractivity contribution in [1.29, 1.82) is 0 Å². The molecule has 0 aliphatic rings. The molecule has 0 fully saturated rings. The molecule has 0 saturated carbocycles. The van der Waals surface area contributed by atoms with E-state index in [1.54, 1.807) is 12.1 Å². The van der Waals surface area contributed by atoms with Crippen molar-refractivity contribution in [2.45, 2.75) is 19.4 Å². The number of hydrogen-bond acceptors (Lipinski definition) is 2. The van der Waals surface area contributed by atoms with Gasteiger partial charge in [-0.05, 0) is 24.6 Å². The van der Waals surface area contributed by atoms with E-state index in [9.17, 15) is 5.11 Å². The van der Waals surface area contributed by atoms with Crippen molar-refractivity contribution in [3.8, 4) is 11.5 Å².